The second kappa shape index (κ2) is 7.22. The minimum absolute atomic E-state index is 0.103. The van der Waals surface area contributed by atoms with Gasteiger partial charge in [0.05, 0.1) is 10.6 Å². The summed E-state index contributed by atoms with van der Waals surface area (Å²) in [5, 5.41) is 0. The molecule has 0 aromatic heterocycles. The van der Waals surface area contributed by atoms with Gasteiger partial charge in [0.1, 0.15) is 0 Å². The number of rotatable bonds is 4. The number of amides is 1. The second-order valence-electron chi connectivity index (χ2n) is 7.63. The molecule has 2 aromatic rings. The molecule has 2 N–H and O–H groups in total. The van der Waals surface area contributed by atoms with Gasteiger partial charge in [0.15, 0.2) is 0 Å². The Morgan fingerprint density at radius 1 is 1.18 bits per heavy atom. The lowest BCUT2D eigenvalue weighted by Crippen LogP contribution is -2.34. The first kappa shape index (κ1) is 19.0. The molecule has 2 aromatic carbocycles. The first-order valence-corrected chi connectivity index (χ1v) is 11.1. The van der Waals surface area contributed by atoms with E-state index in [0.717, 1.165) is 17.7 Å². The lowest BCUT2D eigenvalue weighted by atomic mass is 10.1. The number of benzene rings is 2. The van der Waals surface area contributed by atoms with Crippen molar-refractivity contribution in [3.63, 3.8) is 0 Å². The van der Waals surface area contributed by atoms with Crippen molar-refractivity contribution in [2.45, 2.75) is 30.7 Å². The largest absolute Gasteiger partial charge is 0.336 e. The number of sulfonamides is 1. The van der Waals surface area contributed by atoms with Crippen LogP contribution in [0.2, 0.25) is 0 Å². The maximum absolute atomic E-state index is 13.2. The van der Waals surface area contributed by atoms with Crippen LogP contribution in [0.15, 0.2) is 53.4 Å². The highest BCUT2D eigenvalue weighted by Crippen LogP contribution is 2.33. The Bertz CT molecular complexity index is 1010. The highest BCUT2D eigenvalue weighted by molar-refractivity contribution is 7.92. The SMILES string of the molecule is CC1CC(CN)CN1C(=O)c1cccc(S(=O)(=O)N2CCc3ccccc32)c1. The fourth-order valence-electron chi connectivity index (χ4n) is 4.24. The zero-order valence-corrected chi connectivity index (χ0v) is 16.7. The molecule has 0 saturated carbocycles. The number of nitrogens with zero attached hydrogens (tertiary/aromatic N) is 2. The monoisotopic (exact) mass is 399 g/mol. The summed E-state index contributed by atoms with van der Waals surface area (Å²) in [7, 11) is -3.72. The predicted octanol–water partition coefficient (Wildman–Crippen LogP) is 2.25. The lowest BCUT2D eigenvalue weighted by molar-refractivity contribution is 0.0743. The summed E-state index contributed by atoms with van der Waals surface area (Å²) >= 11 is 0. The number of hydrogen-bond acceptors (Lipinski definition) is 4. The first-order chi connectivity index (χ1) is 13.4. The van der Waals surface area contributed by atoms with Crippen LogP contribution in [0.5, 0.6) is 0 Å². The third kappa shape index (κ3) is 3.18. The van der Waals surface area contributed by atoms with Gasteiger partial charge in [-0.3, -0.25) is 9.10 Å². The number of nitrogens with two attached hydrogens (primary N) is 1. The Kier molecular flexibility index (Phi) is 4.89. The molecule has 1 saturated heterocycles. The smallest absolute Gasteiger partial charge is 0.264 e. The maximum Gasteiger partial charge on any atom is 0.264 e. The molecule has 2 aliphatic heterocycles. The Hall–Kier alpha value is -2.38. The third-order valence-corrected chi connectivity index (χ3v) is 7.58. The minimum atomic E-state index is -3.72. The van der Waals surface area contributed by atoms with Gasteiger partial charge in [-0.15, -0.1) is 0 Å². The highest BCUT2D eigenvalue weighted by Gasteiger charge is 2.34. The van der Waals surface area contributed by atoms with E-state index in [-0.39, 0.29) is 16.8 Å². The summed E-state index contributed by atoms with van der Waals surface area (Å²) in [6.45, 7) is 3.60. The number of fused-ring (bicyclic) bond motifs is 1. The lowest BCUT2D eigenvalue weighted by Gasteiger charge is -2.23. The van der Waals surface area contributed by atoms with Gasteiger partial charge in [0.2, 0.25) is 0 Å². The molecule has 0 aliphatic carbocycles. The average molecular weight is 400 g/mol. The Balaban J connectivity index is 1.63. The summed E-state index contributed by atoms with van der Waals surface area (Å²) in [5.74, 6) is 0.161. The van der Waals surface area contributed by atoms with Gasteiger partial charge in [0.25, 0.3) is 15.9 Å². The van der Waals surface area contributed by atoms with Crippen LogP contribution in [0.3, 0.4) is 0 Å². The van der Waals surface area contributed by atoms with Gasteiger partial charge in [-0.1, -0.05) is 24.3 Å². The molecule has 148 valence electrons. The van der Waals surface area contributed by atoms with E-state index in [2.05, 4.69) is 0 Å². The molecule has 6 nitrogen and oxygen atoms in total. The van der Waals surface area contributed by atoms with Gasteiger partial charge in [-0.25, -0.2) is 8.42 Å². The van der Waals surface area contributed by atoms with Crippen LogP contribution < -0.4 is 10.0 Å². The second-order valence-corrected chi connectivity index (χ2v) is 9.49. The van der Waals surface area contributed by atoms with Crippen LogP contribution in [0, 0.1) is 5.92 Å². The van der Waals surface area contributed by atoms with Crippen molar-refractivity contribution in [3.8, 4) is 0 Å². The average Bonchev–Trinajstić information content (AvgIpc) is 3.31. The number of anilines is 1. The molecule has 0 bridgehead atoms. The van der Waals surface area contributed by atoms with Crippen molar-refractivity contribution in [2.75, 3.05) is 23.9 Å². The zero-order valence-electron chi connectivity index (χ0n) is 15.9. The Morgan fingerprint density at radius 3 is 2.71 bits per heavy atom. The first-order valence-electron chi connectivity index (χ1n) is 9.63. The quantitative estimate of drug-likeness (QED) is 0.855. The van der Waals surface area contributed by atoms with Gasteiger partial charge in [-0.2, -0.15) is 0 Å². The molecule has 1 amide bonds. The molecule has 4 rings (SSSR count). The van der Waals surface area contributed by atoms with Crippen molar-refractivity contribution < 1.29 is 13.2 Å². The van der Waals surface area contributed by atoms with E-state index in [0.29, 0.717) is 37.5 Å². The number of para-hydroxylation sites is 1. The van der Waals surface area contributed by atoms with E-state index in [9.17, 15) is 13.2 Å². The van der Waals surface area contributed by atoms with Crippen molar-refractivity contribution in [2.24, 2.45) is 11.7 Å². The van der Waals surface area contributed by atoms with E-state index in [1.54, 1.807) is 23.1 Å². The number of likely N-dealkylation sites (tertiary alicyclic amines) is 1. The predicted molar refractivity (Wildman–Crippen MR) is 109 cm³/mol. The van der Waals surface area contributed by atoms with Crippen LogP contribution >= 0.6 is 0 Å². The minimum Gasteiger partial charge on any atom is -0.336 e. The molecular formula is C21H25N3O3S. The number of carbonyl (C=O) groups is 1. The maximum atomic E-state index is 13.2. The molecule has 28 heavy (non-hydrogen) atoms. The molecular weight excluding hydrogens is 374 g/mol. The number of carbonyl (C=O) groups excluding carboxylic acids is 1. The van der Waals surface area contributed by atoms with Crippen LogP contribution in [0.25, 0.3) is 0 Å². The van der Waals surface area contributed by atoms with E-state index < -0.39 is 10.0 Å². The van der Waals surface area contributed by atoms with E-state index in [4.69, 9.17) is 5.73 Å². The third-order valence-electron chi connectivity index (χ3n) is 5.77. The molecule has 2 aliphatic rings. The molecule has 2 atom stereocenters. The van der Waals surface area contributed by atoms with Crippen LogP contribution in [0.4, 0.5) is 5.69 Å². The Labute approximate surface area is 166 Å². The topological polar surface area (TPSA) is 83.7 Å². The van der Waals surface area contributed by atoms with Gasteiger partial charge in [-0.05, 0) is 62.1 Å². The molecule has 1 fully saturated rings. The highest BCUT2D eigenvalue weighted by atomic mass is 32.2. The molecule has 7 heteroatoms. The summed E-state index contributed by atoms with van der Waals surface area (Å²) in [6.07, 6.45) is 1.57. The summed E-state index contributed by atoms with van der Waals surface area (Å²) in [5.41, 5.74) is 7.91. The van der Waals surface area contributed by atoms with Crippen molar-refractivity contribution in [3.05, 3.63) is 59.7 Å². The van der Waals surface area contributed by atoms with E-state index in [1.807, 2.05) is 31.2 Å². The Morgan fingerprint density at radius 2 is 1.96 bits per heavy atom. The van der Waals surface area contributed by atoms with Crippen molar-refractivity contribution in [1.29, 1.82) is 0 Å². The van der Waals surface area contributed by atoms with Crippen LogP contribution in [-0.2, 0) is 16.4 Å². The van der Waals surface area contributed by atoms with E-state index in [1.165, 1.54) is 10.4 Å². The van der Waals surface area contributed by atoms with Gasteiger partial charge < -0.3 is 10.6 Å². The standard InChI is InChI=1S/C21H25N3O3S/c1-15-11-16(13-22)14-23(15)21(25)18-6-4-7-19(12-18)28(26,27)24-10-9-17-5-2-3-8-20(17)24/h2-8,12,15-16H,9-11,13-14,22H2,1H3. The zero-order chi connectivity index (χ0) is 19.9. The fourth-order valence-corrected chi connectivity index (χ4v) is 5.79. The van der Waals surface area contributed by atoms with E-state index >= 15 is 0 Å². The van der Waals surface area contributed by atoms with Crippen molar-refractivity contribution in [1.82, 2.24) is 4.90 Å². The molecule has 0 spiro atoms. The molecule has 0 radical (unpaired) electrons. The van der Waals surface area contributed by atoms with Crippen molar-refractivity contribution >= 4 is 21.6 Å². The molecule has 2 unspecified atom stereocenters. The fraction of sp³-hybridized carbons (Fsp3) is 0.381. The summed E-state index contributed by atoms with van der Waals surface area (Å²) in [6, 6.07) is 14.0. The summed E-state index contributed by atoms with van der Waals surface area (Å²) in [4.78, 5) is 14.9. The normalized spacial score (nSPS) is 21.8. The van der Waals surface area contributed by atoms with Gasteiger partial charge >= 0.3 is 0 Å². The van der Waals surface area contributed by atoms with Crippen LogP contribution in [-0.4, -0.2) is 44.9 Å². The summed E-state index contributed by atoms with van der Waals surface area (Å²) < 4.78 is 27.9. The molecule has 2 heterocycles. The number of hydrogen-bond donors (Lipinski definition) is 1. The van der Waals surface area contributed by atoms with Gasteiger partial charge in [0, 0.05) is 24.7 Å². The van der Waals surface area contributed by atoms with Crippen LogP contribution in [0.1, 0.15) is 29.3 Å².